The van der Waals surface area contributed by atoms with Gasteiger partial charge in [-0.25, -0.2) is 29.9 Å². The summed E-state index contributed by atoms with van der Waals surface area (Å²) in [6.07, 6.45) is 4.68. The Balaban J connectivity index is 0.000000127. The van der Waals surface area contributed by atoms with Crippen molar-refractivity contribution >= 4 is 104 Å². The maximum atomic E-state index is 8.58. The normalized spacial score (nSPS) is 10.5. The third-order valence-electron chi connectivity index (χ3n) is 7.96. The number of halogens is 3. The highest BCUT2D eigenvalue weighted by atomic mass is 35.5. The predicted octanol–water partition coefficient (Wildman–Crippen LogP) is 7.54. The molecule has 0 spiro atoms. The van der Waals surface area contributed by atoms with Crippen LogP contribution < -0.4 is 16.1 Å². The Morgan fingerprint density at radius 2 is 0.881 bits per heavy atom. The lowest BCUT2D eigenvalue weighted by atomic mass is 9.81. The van der Waals surface area contributed by atoms with Crippen LogP contribution in [-0.2, 0) is 0 Å². The molecule has 0 amide bonds. The Hall–Kier alpha value is -7.02. The Morgan fingerprint density at radius 1 is 0.458 bits per heavy atom. The molecule has 7 N–H and O–H groups in total. The van der Waals surface area contributed by atoms with Gasteiger partial charge in [-0.2, -0.15) is 15.0 Å². The number of hydrogen-bond donors (Lipinski definition) is 7. The highest BCUT2D eigenvalue weighted by molar-refractivity contribution is 6.58. The molecule has 0 atom stereocenters. The standard InChI is InChI=1S/C17H13N5.C11H8ClN5.C6H7BO2.C5H2Cl2N4/c1-3-7-12(8-4-1)15-21-16-14(18-11-19-16)17(22-15)20-13-9-5-2-6-10-13;12-11-16-9-8(13-6-14-9)10(17-11)15-7-4-2-1-3-5-7;8-7(9)6-4-2-1-3-5-6;6-3-2-4(9-1-8-2)11-5(7)10-3/h1-11H,(H2,18,19,20,21,22);1-6H,(H2,13,14,15,16,17);1-5,8-9H;1H,(H,8,9,10,11). The van der Waals surface area contributed by atoms with Gasteiger partial charge >= 0.3 is 7.12 Å². The number of aromatic amines is 3. The van der Waals surface area contributed by atoms with E-state index in [1.807, 2.05) is 97.1 Å². The zero-order chi connectivity index (χ0) is 41.0. The van der Waals surface area contributed by atoms with E-state index in [0.717, 1.165) is 28.0 Å². The fraction of sp³-hybridized carbons (Fsp3) is 0. The highest BCUT2D eigenvalue weighted by Gasteiger charge is 2.12. The van der Waals surface area contributed by atoms with Gasteiger partial charge in [0.05, 0.1) is 19.0 Å². The van der Waals surface area contributed by atoms with Crippen molar-refractivity contribution in [1.82, 2.24) is 59.8 Å². The van der Waals surface area contributed by atoms with E-state index in [1.54, 1.807) is 36.9 Å². The minimum Gasteiger partial charge on any atom is -0.423 e. The maximum Gasteiger partial charge on any atom is 0.488 e. The molecule has 0 unspecified atom stereocenters. The lowest BCUT2D eigenvalue weighted by Gasteiger charge is -2.08. The molecule has 16 nitrogen and oxygen atoms in total. The van der Waals surface area contributed by atoms with Crippen LogP contribution in [0.2, 0.25) is 15.7 Å². The molecule has 0 saturated heterocycles. The van der Waals surface area contributed by atoms with Gasteiger partial charge in [-0.3, -0.25) is 0 Å². The van der Waals surface area contributed by atoms with Crippen molar-refractivity contribution in [2.75, 3.05) is 10.6 Å². The second-order valence-electron chi connectivity index (χ2n) is 12.0. The number of hydrogen-bond acceptors (Lipinski definition) is 13. The van der Waals surface area contributed by atoms with Crippen molar-refractivity contribution in [3.63, 3.8) is 0 Å². The van der Waals surface area contributed by atoms with Crippen LogP contribution in [0.5, 0.6) is 0 Å². The summed E-state index contributed by atoms with van der Waals surface area (Å²) in [6.45, 7) is 0. The molecule has 0 aliphatic carbocycles. The summed E-state index contributed by atoms with van der Waals surface area (Å²) in [4.78, 5) is 45.9. The average molecular weight is 844 g/mol. The number of nitrogens with one attached hydrogen (secondary N) is 5. The number of fused-ring (bicyclic) bond motifs is 3. The SMILES string of the molecule is Clc1nc(Cl)c2[nH]cnc2n1.Clc1nc(Nc2ccccc2)c2[nH]cnc2n1.OB(O)c1ccccc1.c1ccc(Nc2nc(-c3ccccc3)nc3nc[nH]c23)cc1. The third kappa shape index (κ3) is 10.7. The molecule has 0 bridgehead atoms. The van der Waals surface area contributed by atoms with Gasteiger partial charge in [-0.05, 0) is 52.9 Å². The second kappa shape index (κ2) is 19.4. The van der Waals surface area contributed by atoms with Gasteiger partial charge in [-0.1, -0.05) is 109 Å². The Kier molecular flexibility index (Phi) is 13.2. The van der Waals surface area contributed by atoms with Crippen LogP contribution in [0.4, 0.5) is 23.0 Å². The molecule has 6 heterocycles. The van der Waals surface area contributed by atoms with Crippen molar-refractivity contribution in [2.24, 2.45) is 0 Å². The van der Waals surface area contributed by atoms with Gasteiger partial charge in [0.1, 0.15) is 16.6 Å². The number of anilines is 4. The van der Waals surface area contributed by atoms with Crippen molar-refractivity contribution in [3.05, 3.63) is 156 Å². The van der Waals surface area contributed by atoms with Crippen molar-refractivity contribution in [2.45, 2.75) is 0 Å². The minimum absolute atomic E-state index is 0.106. The lowest BCUT2D eigenvalue weighted by Crippen LogP contribution is -2.29. The van der Waals surface area contributed by atoms with E-state index >= 15 is 0 Å². The van der Waals surface area contributed by atoms with E-state index in [-0.39, 0.29) is 15.7 Å². The van der Waals surface area contributed by atoms with Crippen LogP contribution in [0.1, 0.15) is 0 Å². The van der Waals surface area contributed by atoms with E-state index in [0.29, 0.717) is 45.4 Å². The van der Waals surface area contributed by atoms with E-state index in [9.17, 15) is 0 Å². The second-order valence-corrected chi connectivity index (χ2v) is 13.0. The molecule has 292 valence electrons. The first-order valence-electron chi connectivity index (χ1n) is 17.5. The van der Waals surface area contributed by atoms with E-state index < -0.39 is 7.12 Å². The Morgan fingerprint density at radius 3 is 1.39 bits per heavy atom. The predicted molar refractivity (Wildman–Crippen MR) is 231 cm³/mol. The fourth-order valence-electron chi connectivity index (χ4n) is 5.25. The number of aromatic nitrogens is 12. The molecular weight excluding hydrogens is 814 g/mol. The molecule has 10 aromatic rings. The van der Waals surface area contributed by atoms with E-state index in [2.05, 4.69) is 70.4 Å². The van der Waals surface area contributed by atoms with Crippen LogP contribution >= 0.6 is 34.8 Å². The zero-order valence-electron chi connectivity index (χ0n) is 30.4. The quantitative estimate of drug-likeness (QED) is 0.0488. The first-order chi connectivity index (χ1) is 28.8. The van der Waals surface area contributed by atoms with Gasteiger partial charge in [0, 0.05) is 16.9 Å². The van der Waals surface area contributed by atoms with Crippen molar-refractivity contribution < 1.29 is 10.0 Å². The largest absolute Gasteiger partial charge is 0.488 e. The summed E-state index contributed by atoms with van der Waals surface area (Å²) >= 11 is 17.0. The fourth-order valence-corrected chi connectivity index (χ4v) is 5.84. The summed E-state index contributed by atoms with van der Waals surface area (Å²) in [5.41, 5.74) is 7.19. The Bertz CT molecular complexity index is 2870. The molecule has 59 heavy (non-hydrogen) atoms. The average Bonchev–Trinajstić information content (AvgIpc) is 4.05. The molecular formula is C39H30BCl3N14O2. The van der Waals surface area contributed by atoms with Crippen molar-refractivity contribution in [1.29, 1.82) is 0 Å². The van der Waals surface area contributed by atoms with Crippen molar-refractivity contribution in [3.8, 4) is 11.4 Å². The number of imidazole rings is 3. The van der Waals surface area contributed by atoms with Gasteiger partial charge in [0.15, 0.2) is 39.6 Å². The molecule has 0 saturated carbocycles. The monoisotopic (exact) mass is 842 g/mol. The van der Waals surface area contributed by atoms with Gasteiger partial charge in [-0.15, -0.1) is 0 Å². The summed E-state index contributed by atoms with van der Waals surface area (Å²) in [7, 11) is -1.34. The van der Waals surface area contributed by atoms with Crippen LogP contribution in [-0.4, -0.2) is 77.0 Å². The number of benzene rings is 4. The van der Waals surface area contributed by atoms with E-state index in [1.165, 1.54) is 6.33 Å². The third-order valence-corrected chi connectivity index (χ3v) is 8.57. The first kappa shape index (κ1) is 40.2. The molecule has 0 radical (unpaired) electrons. The maximum absolute atomic E-state index is 8.58. The van der Waals surface area contributed by atoms with Gasteiger partial charge < -0.3 is 35.6 Å². The molecule has 0 aliphatic heterocycles. The smallest absolute Gasteiger partial charge is 0.423 e. The molecule has 10 rings (SSSR count). The summed E-state index contributed by atoms with van der Waals surface area (Å²) in [5.74, 6) is 1.98. The number of H-pyrrole nitrogens is 3. The first-order valence-corrected chi connectivity index (χ1v) is 18.6. The summed E-state index contributed by atoms with van der Waals surface area (Å²) in [6, 6.07) is 38.2. The molecule has 20 heteroatoms. The summed E-state index contributed by atoms with van der Waals surface area (Å²) in [5, 5.41) is 24.2. The van der Waals surface area contributed by atoms with Crippen LogP contribution in [0.25, 0.3) is 44.9 Å². The lowest BCUT2D eigenvalue weighted by molar-refractivity contribution is 0.426. The van der Waals surface area contributed by atoms with Gasteiger partial charge in [0.25, 0.3) is 0 Å². The number of nitrogens with zero attached hydrogens (tertiary/aromatic N) is 9. The molecule has 0 fully saturated rings. The van der Waals surface area contributed by atoms with Gasteiger partial charge in [0.2, 0.25) is 10.6 Å². The molecule has 4 aromatic carbocycles. The van der Waals surface area contributed by atoms with Crippen LogP contribution in [0.3, 0.4) is 0 Å². The molecule has 0 aliphatic rings. The number of rotatable bonds is 6. The van der Waals surface area contributed by atoms with Crippen LogP contribution in [0, 0.1) is 0 Å². The minimum atomic E-state index is -1.34. The zero-order valence-corrected chi connectivity index (χ0v) is 32.7. The number of para-hydroxylation sites is 2. The summed E-state index contributed by atoms with van der Waals surface area (Å²) < 4.78 is 0. The topological polar surface area (TPSA) is 228 Å². The molecule has 6 aromatic heterocycles. The van der Waals surface area contributed by atoms with Crippen LogP contribution in [0.15, 0.2) is 140 Å². The highest BCUT2D eigenvalue weighted by Crippen LogP contribution is 2.26. The van der Waals surface area contributed by atoms with E-state index in [4.69, 9.17) is 44.9 Å². The Labute approximate surface area is 350 Å².